The molecule has 12 heavy (non-hydrogen) atoms. The maximum absolute atomic E-state index is 2.30. The molecule has 0 N–H and O–H groups in total. The summed E-state index contributed by atoms with van der Waals surface area (Å²) < 4.78 is 0. The van der Waals surface area contributed by atoms with Gasteiger partial charge in [-0.25, -0.2) is 0 Å². The summed E-state index contributed by atoms with van der Waals surface area (Å²) in [4.78, 5) is 0. The maximum Gasteiger partial charge on any atom is -0.0257 e. The van der Waals surface area contributed by atoms with Crippen LogP contribution in [-0.2, 0) is 0 Å². The van der Waals surface area contributed by atoms with E-state index >= 15 is 0 Å². The first kappa shape index (κ1) is 11.7. The number of hydrogen-bond acceptors (Lipinski definition) is 0. The third kappa shape index (κ3) is 3.00. The van der Waals surface area contributed by atoms with Gasteiger partial charge in [-0.15, -0.1) is 0 Å². The maximum atomic E-state index is 2.30. The molecule has 0 heterocycles. The topological polar surface area (TPSA) is 0 Å². The summed E-state index contributed by atoms with van der Waals surface area (Å²) >= 11 is 0. The molecule has 0 saturated heterocycles. The molecule has 0 bridgehead atoms. The zero-order valence-corrected chi connectivity index (χ0v) is 9.57. The second-order valence-corrected chi connectivity index (χ2v) is 4.07. The average Bonchev–Trinajstić information content (AvgIpc) is 1.98. The van der Waals surface area contributed by atoms with Crippen LogP contribution in [0.4, 0.5) is 0 Å². The van der Waals surface area contributed by atoms with Gasteiger partial charge in [0.2, 0.25) is 0 Å². The minimum atomic E-state index is 0.729. The molecule has 0 fully saturated rings. The van der Waals surface area contributed by atoms with E-state index < -0.39 is 0 Å². The molecular formula is C12H24. The van der Waals surface area contributed by atoms with Gasteiger partial charge < -0.3 is 0 Å². The zero-order valence-electron chi connectivity index (χ0n) is 9.57. The van der Waals surface area contributed by atoms with Crippen molar-refractivity contribution in [3.8, 4) is 0 Å². The van der Waals surface area contributed by atoms with Crippen molar-refractivity contribution in [1.29, 1.82) is 0 Å². The van der Waals surface area contributed by atoms with Crippen molar-refractivity contribution in [3.63, 3.8) is 0 Å². The number of hydrogen-bond donors (Lipinski definition) is 0. The van der Waals surface area contributed by atoms with E-state index in [9.17, 15) is 0 Å². The van der Waals surface area contributed by atoms with Gasteiger partial charge in [-0.05, 0) is 24.7 Å². The van der Waals surface area contributed by atoms with E-state index in [2.05, 4.69) is 41.5 Å². The quantitative estimate of drug-likeness (QED) is 0.545. The van der Waals surface area contributed by atoms with Gasteiger partial charge >= 0.3 is 0 Å². The van der Waals surface area contributed by atoms with Crippen molar-refractivity contribution in [2.24, 2.45) is 11.8 Å². The smallest absolute Gasteiger partial charge is 0.0257 e. The van der Waals surface area contributed by atoms with Gasteiger partial charge in [0.25, 0.3) is 0 Å². The van der Waals surface area contributed by atoms with Gasteiger partial charge in [-0.2, -0.15) is 0 Å². The van der Waals surface area contributed by atoms with Crippen molar-refractivity contribution in [2.45, 2.75) is 54.4 Å². The average molecular weight is 168 g/mol. The fraction of sp³-hybridized carbons (Fsp3) is 0.833. The highest BCUT2D eigenvalue weighted by atomic mass is 14.2. The second kappa shape index (κ2) is 5.40. The predicted molar refractivity (Wildman–Crippen MR) is 57.3 cm³/mol. The first-order chi connectivity index (χ1) is 5.54. The van der Waals surface area contributed by atoms with Crippen LogP contribution in [0.25, 0.3) is 0 Å². The zero-order chi connectivity index (χ0) is 9.72. The first-order valence-electron chi connectivity index (χ1n) is 5.26. The van der Waals surface area contributed by atoms with E-state index in [1.54, 1.807) is 11.1 Å². The van der Waals surface area contributed by atoms with E-state index in [1.807, 2.05) is 0 Å². The van der Waals surface area contributed by atoms with Crippen molar-refractivity contribution >= 4 is 0 Å². The Labute approximate surface area is 78.1 Å². The van der Waals surface area contributed by atoms with Crippen LogP contribution in [0.1, 0.15) is 54.4 Å². The molecule has 0 unspecified atom stereocenters. The van der Waals surface area contributed by atoms with Crippen molar-refractivity contribution in [1.82, 2.24) is 0 Å². The molecule has 0 amide bonds. The van der Waals surface area contributed by atoms with Crippen LogP contribution in [0.2, 0.25) is 0 Å². The summed E-state index contributed by atoms with van der Waals surface area (Å²) in [6.07, 6.45) is 2.44. The van der Waals surface area contributed by atoms with Gasteiger partial charge in [0.1, 0.15) is 0 Å². The summed E-state index contributed by atoms with van der Waals surface area (Å²) in [5, 5.41) is 0. The van der Waals surface area contributed by atoms with E-state index in [4.69, 9.17) is 0 Å². The highest BCUT2D eigenvalue weighted by molar-refractivity contribution is 5.17. The number of allylic oxidation sites excluding steroid dienone is 2. The lowest BCUT2D eigenvalue weighted by molar-refractivity contribution is 0.646. The van der Waals surface area contributed by atoms with Gasteiger partial charge in [-0.1, -0.05) is 52.7 Å². The third-order valence-corrected chi connectivity index (χ3v) is 2.57. The Morgan fingerprint density at radius 3 is 1.08 bits per heavy atom. The SMILES string of the molecule is CC/C(=C(\CC)C(C)C)C(C)C. The molecule has 0 atom stereocenters. The molecular weight excluding hydrogens is 144 g/mol. The molecule has 0 radical (unpaired) electrons. The third-order valence-electron chi connectivity index (χ3n) is 2.57. The summed E-state index contributed by atoms with van der Waals surface area (Å²) in [5.74, 6) is 1.46. The first-order valence-corrected chi connectivity index (χ1v) is 5.26. The molecule has 0 aliphatic carbocycles. The second-order valence-electron chi connectivity index (χ2n) is 4.07. The molecule has 0 aromatic carbocycles. The molecule has 0 saturated carbocycles. The van der Waals surface area contributed by atoms with Gasteiger partial charge in [0.05, 0.1) is 0 Å². The molecule has 0 spiro atoms. The minimum Gasteiger partial charge on any atom is -0.0685 e. The fourth-order valence-electron chi connectivity index (χ4n) is 2.01. The van der Waals surface area contributed by atoms with Gasteiger partial charge in [0, 0.05) is 0 Å². The minimum absolute atomic E-state index is 0.729. The van der Waals surface area contributed by atoms with E-state index in [-0.39, 0.29) is 0 Å². The normalized spacial score (nSPS) is 14.0. The predicted octanol–water partition coefficient (Wildman–Crippen LogP) is 4.42. The van der Waals surface area contributed by atoms with Gasteiger partial charge in [0.15, 0.2) is 0 Å². The standard InChI is InChI=1S/C12H24/c1-7-11(9(3)4)12(8-2)10(5)6/h9-10H,7-8H2,1-6H3/b12-11-. The summed E-state index contributed by atoms with van der Waals surface area (Å²) in [7, 11) is 0. The van der Waals surface area contributed by atoms with Crippen molar-refractivity contribution < 1.29 is 0 Å². The Kier molecular flexibility index (Phi) is 5.28. The van der Waals surface area contributed by atoms with Crippen LogP contribution in [0.3, 0.4) is 0 Å². The molecule has 72 valence electrons. The number of rotatable bonds is 4. The molecule has 0 aliphatic rings. The lowest BCUT2D eigenvalue weighted by Gasteiger charge is -2.19. The van der Waals surface area contributed by atoms with E-state index in [0.717, 1.165) is 11.8 Å². The Morgan fingerprint density at radius 1 is 0.750 bits per heavy atom. The van der Waals surface area contributed by atoms with Crippen LogP contribution in [-0.4, -0.2) is 0 Å². The lowest BCUT2D eigenvalue weighted by Crippen LogP contribution is -2.03. The Balaban J connectivity index is 4.74. The fourth-order valence-corrected chi connectivity index (χ4v) is 2.01. The van der Waals surface area contributed by atoms with Crippen LogP contribution in [0.5, 0.6) is 0 Å². The molecule has 0 aromatic heterocycles. The molecule has 0 nitrogen and oxygen atoms in total. The van der Waals surface area contributed by atoms with E-state index in [1.165, 1.54) is 12.8 Å². The van der Waals surface area contributed by atoms with Crippen LogP contribution in [0, 0.1) is 11.8 Å². The lowest BCUT2D eigenvalue weighted by atomic mass is 9.87. The largest absolute Gasteiger partial charge is 0.0685 e. The molecule has 0 heteroatoms. The van der Waals surface area contributed by atoms with Crippen molar-refractivity contribution in [3.05, 3.63) is 11.1 Å². The highest BCUT2D eigenvalue weighted by Crippen LogP contribution is 2.25. The van der Waals surface area contributed by atoms with Crippen LogP contribution < -0.4 is 0 Å². The van der Waals surface area contributed by atoms with Gasteiger partial charge in [-0.3, -0.25) is 0 Å². The molecule has 0 rings (SSSR count). The summed E-state index contributed by atoms with van der Waals surface area (Å²) in [6, 6.07) is 0. The Hall–Kier alpha value is -0.260. The Morgan fingerprint density at radius 2 is 1.00 bits per heavy atom. The van der Waals surface area contributed by atoms with Crippen LogP contribution in [0.15, 0.2) is 11.1 Å². The van der Waals surface area contributed by atoms with Crippen molar-refractivity contribution in [2.75, 3.05) is 0 Å². The molecule has 0 aromatic rings. The Bertz CT molecular complexity index is 131. The summed E-state index contributed by atoms with van der Waals surface area (Å²) in [5.41, 5.74) is 3.35. The summed E-state index contributed by atoms with van der Waals surface area (Å²) in [6.45, 7) is 13.8. The van der Waals surface area contributed by atoms with E-state index in [0.29, 0.717) is 0 Å². The van der Waals surface area contributed by atoms with Crippen LogP contribution >= 0.6 is 0 Å². The molecule has 0 aliphatic heterocycles. The highest BCUT2D eigenvalue weighted by Gasteiger charge is 2.09. The monoisotopic (exact) mass is 168 g/mol.